The number of hydrogen-bond donors (Lipinski definition) is 1. The molecule has 33 heavy (non-hydrogen) atoms. The Bertz CT molecular complexity index is 1290. The number of carbonyl (C=O) groups excluding carboxylic acids is 1. The summed E-state index contributed by atoms with van der Waals surface area (Å²) in [5, 5.41) is 5.11. The predicted octanol–water partition coefficient (Wildman–Crippen LogP) is 3.34. The molecule has 4 rings (SSSR count). The topological polar surface area (TPSA) is 83.8 Å². The van der Waals surface area contributed by atoms with Crippen LogP contribution in [0.3, 0.4) is 0 Å². The Morgan fingerprint density at radius 3 is 2.85 bits per heavy atom. The van der Waals surface area contributed by atoms with Gasteiger partial charge in [0.15, 0.2) is 0 Å². The number of nitrogens with zero attached hydrogens (tertiary/aromatic N) is 3. The van der Waals surface area contributed by atoms with Crippen molar-refractivity contribution in [2.75, 3.05) is 18.8 Å². The highest BCUT2D eigenvalue weighted by atomic mass is 32.2. The number of carbonyl (C=O) groups is 1. The van der Waals surface area contributed by atoms with Crippen molar-refractivity contribution in [1.82, 2.24) is 14.3 Å². The van der Waals surface area contributed by atoms with Gasteiger partial charge in [-0.15, -0.1) is 0 Å². The van der Waals surface area contributed by atoms with E-state index in [9.17, 15) is 17.6 Å². The summed E-state index contributed by atoms with van der Waals surface area (Å²) in [6, 6.07) is 14.3. The molecular formula is C24H27FN4O3S. The Morgan fingerprint density at radius 1 is 1.24 bits per heavy atom. The van der Waals surface area contributed by atoms with E-state index in [-0.39, 0.29) is 24.0 Å². The predicted molar refractivity (Wildman–Crippen MR) is 127 cm³/mol. The van der Waals surface area contributed by atoms with E-state index in [1.54, 1.807) is 19.2 Å². The molecule has 0 radical (unpaired) electrons. The van der Waals surface area contributed by atoms with Crippen molar-refractivity contribution in [3.8, 4) is 0 Å². The lowest BCUT2D eigenvalue weighted by atomic mass is 9.99. The monoisotopic (exact) mass is 470 g/mol. The molecule has 3 aromatic rings. The Kier molecular flexibility index (Phi) is 6.90. The molecule has 1 aromatic heterocycles. The van der Waals surface area contributed by atoms with Gasteiger partial charge in [0.2, 0.25) is 15.9 Å². The van der Waals surface area contributed by atoms with Crippen LogP contribution in [0.1, 0.15) is 30.9 Å². The van der Waals surface area contributed by atoms with E-state index in [0.29, 0.717) is 25.9 Å². The molecule has 1 saturated heterocycles. The van der Waals surface area contributed by atoms with E-state index in [4.69, 9.17) is 0 Å². The zero-order chi connectivity index (χ0) is 23.4. The van der Waals surface area contributed by atoms with Crippen LogP contribution in [0, 0.1) is 11.7 Å². The largest absolute Gasteiger partial charge is 0.342 e. The van der Waals surface area contributed by atoms with Crippen molar-refractivity contribution in [3.05, 3.63) is 71.7 Å². The average molecular weight is 471 g/mol. The molecular weight excluding hydrogens is 443 g/mol. The van der Waals surface area contributed by atoms with Gasteiger partial charge in [0.1, 0.15) is 5.82 Å². The Morgan fingerprint density at radius 2 is 2.06 bits per heavy atom. The van der Waals surface area contributed by atoms with Crippen molar-refractivity contribution >= 4 is 33.0 Å². The number of hydrazone groups is 1. The molecule has 1 N–H and O–H groups in total. The lowest BCUT2D eigenvalue weighted by Crippen LogP contribution is -2.45. The van der Waals surface area contributed by atoms with Gasteiger partial charge < -0.3 is 4.57 Å². The smallest absolute Gasteiger partial charge is 0.244 e. The summed E-state index contributed by atoms with van der Waals surface area (Å²) in [6.45, 7) is 2.74. The van der Waals surface area contributed by atoms with Gasteiger partial charge in [-0.25, -0.2) is 22.5 Å². The summed E-state index contributed by atoms with van der Waals surface area (Å²) in [6.07, 6.45) is 4.78. The minimum absolute atomic E-state index is 0.0270. The second-order valence-corrected chi connectivity index (χ2v) is 10.4. The molecule has 0 unspecified atom stereocenters. The molecule has 1 aliphatic heterocycles. The molecule has 0 spiro atoms. The van der Waals surface area contributed by atoms with Gasteiger partial charge in [-0.3, -0.25) is 4.79 Å². The molecule has 1 atom stereocenters. The highest BCUT2D eigenvalue weighted by molar-refractivity contribution is 7.89. The van der Waals surface area contributed by atoms with Gasteiger partial charge in [-0.05, 0) is 43.5 Å². The van der Waals surface area contributed by atoms with E-state index >= 15 is 0 Å². The fraction of sp³-hybridized carbons (Fsp3) is 0.333. The lowest BCUT2D eigenvalue weighted by Gasteiger charge is -2.30. The minimum Gasteiger partial charge on any atom is -0.342 e. The number of aromatic nitrogens is 1. The molecule has 7 nitrogen and oxygen atoms in total. The zero-order valence-electron chi connectivity index (χ0n) is 18.4. The van der Waals surface area contributed by atoms with Crippen molar-refractivity contribution in [2.45, 2.75) is 26.3 Å². The number of amides is 1. The SMILES string of the molecule is CCS(=O)(=O)N1CCC[C@@H](C(=O)N/N=C\c2cn(Cc3cccc(F)c3)c3ccccc23)C1. The summed E-state index contributed by atoms with van der Waals surface area (Å²) in [4.78, 5) is 12.6. The van der Waals surface area contributed by atoms with Crippen molar-refractivity contribution < 1.29 is 17.6 Å². The summed E-state index contributed by atoms with van der Waals surface area (Å²) in [7, 11) is -3.31. The van der Waals surface area contributed by atoms with E-state index in [1.165, 1.54) is 16.4 Å². The third-order valence-electron chi connectivity index (χ3n) is 5.95. The third-order valence-corrected chi connectivity index (χ3v) is 7.80. The number of hydrogen-bond acceptors (Lipinski definition) is 4. The Hall–Kier alpha value is -3.04. The quantitative estimate of drug-likeness (QED) is 0.425. The first-order valence-corrected chi connectivity index (χ1v) is 12.6. The second kappa shape index (κ2) is 9.84. The highest BCUT2D eigenvalue weighted by Crippen LogP contribution is 2.22. The zero-order valence-corrected chi connectivity index (χ0v) is 19.3. The first kappa shape index (κ1) is 23.1. The van der Waals surface area contributed by atoms with Gasteiger partial charge in [0, 0.05) is 42.3 Å². The van der Waals surface area contributed by atoms with Gasteiger partial charge >= 0.3 is 0 Å². The summed E-state index contributed by atoms with van der Waals surface area (Å²) in [5.74, 6) is -0.960. The van der Waals surface area contributed by atoms with Crippen LogP contribution in [0.15, 0.2) is 59.8 Å². The number of benzene rings is 2. The molecule has 1 amide bonds. The summed E-state index contributed by atoms with van der Waals surface area (Å²) in [5.41, 5.74) is 5.21. The highest BCUT2D eigenvalue weighted by Gasteiger charge is 2.31. The van der Waals surface area contributed by atoms with Crippen LogP contribution < -0.4 is 5.43 Å². The van der Waals surface area contributed by atoms with Crippen molar-refractivity contribution in [1.29, 1.82) is 0 Å². The van der Waals surface area contributed by atoms with Gasteiger partial charge in [-0.2, -0.15) is 5.10 Å². The van der Waals surface area contributed by atoms with E-state index in [0.717, 1.165) is 22.0 Å². The fourth-order valence-corrected chi connectivity index (χ4v) is 5.37. The fourth-order valence-electron chi connectivity index (χ4n) is 4.19. The molecule has 1 aliphatic rings. The number of rotatable bonds is 7. The summed E-state index contributed by atoms with van der Waals surface area (Å²) >= 11 is 0. The number of sulfonamides is 1. The maximum atomic E-state index is 13.6. The van der Waals surface area contributed by atoms with Crippen molar-refractivity contribution in [2.24, 2.45) is 11.0 Å². The second-order valence-electron chi connectivity index (χ2n) is 8.19. The van der Waals surface area contributed by atoms with Gasteiger partial charge in [0.25, 0.3) is 0 Å². The maximum absolute atomic E-state index is 13.6. The Balaban J connectivity index is 1.47. The number of para-hydroxylation sites is 1. The minimum atomic E-state index is -3.31. The summed E-state index contributed by atoms with van der Waals surface area (Å²) < 4.78 is 41.3. The molecule has 174 valence electrons. The van der Waals surface area contributed by atoms with Crippen LogP contribution in [-0.2, 0) is 21.4 Å². The van der Waals surface area contributed by atoms with Crippen LogP contribution in [-0.4, -0.2) is 48.3 Å². The van der Waals surface area contributed by atoms with Crippen LogP contribution in [0.5, 0.6) is 0 Å². The third kappa shape index (κ3) is 5.31. The molecule has 2 heterocycles. The normalized spacial score (nSPS) is 17.6. The molecule has 0 aliphatic carbocycles. The van der Waals surface area contributed by atoms with Crippen LogP contribution in [0.4, 0.5) is 4.39 Å². The van der Waals surface area contributed by atoms with E-state index in [1.807, 2.05) is 41.1 Å². The number of fused-ring (bicyclic) bond motifs is 1. The first-order chi connectivity index (χ1) is 15.9. The van der Waals surface area contributed by atoms with Crippen molar-refractivity contribution in [3.63, 3.8) is 0 Å². The number of nitrogens with one attached hydrogen (secondary N) is 1. The molecule has 2 aromatic carbocycles. The molecule has 9 heteroatoms. The number of piperidine rings is 1. The molecule has 1 fully saturated rings. The van der Waals surface area contributed by atoms with Crippen LogP contribution in [0.25, 0.3) is 10.9 Å². The Labute approximate surface area is 192 Å². The van der Waals surface area contributed by atoms with E-state index in [2.05, 4.69) is 10.5 Å². The van der Waals surface area contributed by atoms with Crippen LogP contribution in [0.2, 0.25) is 0 Å². The van der Waals surface area contributed by atoms with Crippen LogP contribution >= 0.6 is 0 Å². The standard InChI is InChI=1S/C24H27FN4O3S/c1-2-33(31,32)29-12-6-8-19(17-29)24(30)27-26-14-20-16-28(23-11-4-3-10-22(20)23)15-18-7-5-9-21(25)13-18/h3-5,7,9-11,13-14,16,19H,2,6,8,12,15,17H2,1H3,(H,27,30)/b26-14-/t19-/m1/s1. The number of halogens is 1. The first-order valence-electron chi connectivity index (χ1n) is 11.0. The van der Waals surface area contributed by atoms with E-state index < -0.39 is 15.9 Å². The van der Waals surface area contributed by atoms with Gasteiger partial charge in [0.05, 0.1) is 17.9 Å². The molecule has 0 bridgehead atoms. The lowest BCUT2D eigenvalue weighted by molar-refractivity contribution is -0.126. The average Bonchev–Trinajstić information content (AvgIpc) is 3.16. The maximum Gasteiger partial charge on any atom is 0.244 e. The van der Waals surface area contributed by atoms with Gasteiger partial charge in [-0.1, -0.05) is 30.3 Å². The molecule has 0 saturated carbocycles.